The van der Waals surface area contributed by atoms with Crippen molar-refractivity contribution >= 4 is 5.78 Å². The normalized spacial score (nSPS) is 26.2. The van der Waals surface area contributed by atoms with Crippen molar-refractivity contribution < 1.29 is 9.53 Å². The number of likely N-dealkylation sites (tertiary alicyclic amines) is 1. The molecule has 2 unspecified atom stereocenters. The number of ketones is 1. The molecule has 0 spiro atoms. The molecule has 3 heteroatoms. The minimum absolute atomic E-state index is 0.112. The maximum Gasteiger partial charge on any atom is 0.158 e. The Morgan fingerprint density at radius 2 is 2.38 bits per heavy atom. The number of likely N-dealkylation sites (N-methyl/N-ethyl adjacent to an activating group) is 1. The second-order valence-electron chi connectivity index (χ2n) is 3.86. The predicted octanol–water partition coefficient (Wildman–Crippen LogP) is 1.07. The fraction of sp³-hybridized carbons (Fsp3) is 0.900. The van der Waals surface area contributed by atoms with Crippen LogP contribution in [0.25, 0.3) is 0 Å². The number of ether oxygens (including phenoxy) is 1. The predicted molar refractivity (Wildman–Crippen MR) is 51.7 cm³/mol. The molecule has 1 fully saturated rings. The quantitative estimate of drug-likeness (QED) is 0.656. The molecular formula is C10H19NO2. The van der Waals surface area contributed by atoms with Gasteiger partial charge in [-0.25, -0.2) is 0 Å². The van der Waals surface area contributed by atoms with Gasteiger partial charge in [-0.05, 0) is 40.3 Å². The van der Waals surface area contributed by atoms with Crippen molar-refractivity contribution in [2.45, 2.75) is 38.8 Å². The highest BCUT2D eigenvalue weighted by molar-refractivity contribution is 5.79. The van der Waals surface area contributed by atoms with Gasteiger partial charge in [0.2, 0.25) is 0 Å². The van der Waals surface area contributed by atoms with E-state index in [2.05, 4.69) is 11.9 Å². The molecule has 0 bridgehead atoms. The van der Waals surface area contributed by atoms with E-state index < -0.39 is 0 Å². The lowest BCUT2D eigenvalue weighted by atomic mass is 10.2. The molecule has 76 valence electrons. The summed E-state index contributed by atoms with van der Waals surface area (Å²) in [6.07, 6.45) is 2.20. The van der Waals surface area contributed by atoms with E-state index in [9.17, 15) is 4.79 Å². The average molecular weight is 185 g/mol. The molecule has 0 amide bonds. The Labute approximate surface area is 80.1 Å². The number of rotatable bonds is 4. The number of hydrogen-bond donors (Lipinski definition) is 0. The van der Waals surface area contributed by atoms with Crippen LogP contribution in [0.1, 0.15) is 26.7 Å². The van der Waals surface area contributed by atoms with Gasteiger partial charge in [-0.2, -0.15) is 0 Å². The molecule has 1 rings (SSSR count). The van der Waals surface area contributed by atoms with Crippen LogP contribution in [0.15, 0.2) is 0 Å². The first-order valence-corrected chi connectivity index (χ1v) is 4.93. The van der Waals surface area contributed by atoms with Gasteiger partial charge in [-0.3, -0.25) is 4.79 Å². The molecule has 0 aromatic carbocycles. The molecule has 0 N–H and O–H groups in total. The van der Waals surface area contributed by atoms with E-state index >= 15 is 0 Å². The zero-order valence-corrected chi connectivity index (χ0v) is 8.75. The van der Waals surface area contributed by atoms with Gasteiger partial charge >= 0.3 is 0 Å². The SMILES string of the molecule is CC(=O)C(C)OCC1CCCN1C. The third-order valence-electron chi connectivity index (χ3n) is 2.78. The summed E-state index contributed by atoms with van der Waals surface area (Å²) in [5.74, 6) is 0.112. The summed E-state index contributed by atoms with van der Waals surface area (Å²) >= 11 is 0. The molecule has 0 saturated carbocycles. The maximum absolute atomic E-state index is 10.9. The van der Waals surface area contributed by atoms with Crippen molar-refractivity contribution in [2.75, 3.05) is 20.2 Å². The van der Waals surface area contributed by atoms with Crippen LogP contribution in [0.4, 0.5) is 0 Å². The van der Waals surface area contributed by atoms with Crippen molar-refractivity contribution in [3.8, 4) is 0 Å². The number of nitrogens with zero attached hydrogens (tertiary/aromatic N) is 1. The summed E-state index contributed by atoms with van der Waals surface area (Å²) in [5, 5.41) is 0. The highest BCUT2D eigenvalue weighted by atomic mass is 16.5. The van der Waals surface area contributed by atoms with Crippen molar-refractivity contribution in [3.63, 3.8) is 0 Å². The molecule has 1 aliphatic rings. The molecular weight excluding hydrogens is 166 g/mol. The van der Waals surface area contributed by atoms with Gasteiger partial charge in [0.05, 0.1) is 6.61 Å². The van der Waals surface area contributed by atoms with Crippen molar-refractivity contribution in [1.82, 2.24) is 4.90 Å². The van der Waals surface area contributed by atoms with E-state index in [1.54, 1.807) is 6.92 Å². The van der Waals surface area contributed by atoms with E-state index in [1.165, 1.54) is 12.8 Å². The van der Waals surface area contributed by atoms with Gasteiger partial charge in [0, 0.05) is 6.04 Å². The second kappa shape index (κ2) is 4.72. The first kappa shape index (κ1) is 10.7. The van der Waals surface area contributed by atoms with Crippen LogP contribution in [-0.2, 0) is 9.53 Å². The third kappa shape index (κ3) is 3.08. The van der Waals surface area contributed by atoms with E-state index in [1.807, 2.05) is 6.92 Å². The summed E-state index contributed by atoms with van der Waals surface area (Å²) in [4.78, 5) is 13.2. The van der Waals surface area contributed by atoms with Crippen LogP contribution >= 0.6 is 0 Å². The average Bonchev–Trinajstić information content (AvgIpc) is 2.47. The first-order valence-electron chi connectivity index (χ1n) is 4.93. The highest BCUT2D eigenvalue weighted by Crippen LogP contribution is 2.15. The van der Waals surface area contributed by atoms with Crippen LogP contribution in [0.5, 0.6) is 0 Å². The Balaban J connectivity index is 2.22. The smallest absolute Gasteiger partial charge is 0.158 e. The Kier molecular flexibility index (Phi) is 3.88. The molecule has 13 heavy (non-hydrogen) atoms. The highest BCUT2D eigenvalue weighted by Gasteiger charge is 2.22. The van der Waals surface area contributed by atoms with Gasteiger partial charge < -0.3 is 9.64 Å². The lowest BCUT2D eigenvalue weighted by Crippen LogP contribution is -2.32. The van der Waals surface area contributed by atoms with Crippen LogP contribution < -0.4 is 0 Å². The topological polar surface area (TPSA) is 29.5 Å². The largest absolute Gasteiger partial charge is 0.369 e. The van der Waals surface area contributed by atoms with Gasteiger partial charge in [-0.1, -0.05) is 0 Å². The summed E-state index contributed by atoms with van der Waals surface area (Å²) < 4.78 is 5.47. The number of hydrogen-bond acceptors (Lipinski definition) is 3. The van der Waals surface area contributed by atoms with Crippen LogP contribution in [-0.4, -0.2) is 43.0 Å². The summed E-state index contributed by atoms with van der Waals surface area (Å²) in [5.41, 5.74) is 0. The minimum Gasteiger partial charge on any atom is -0.369 e. The lowest BCUT2D eigenvalue weighted by Gasteiger charge is -2.20. The monoisotopic (exact) mass is 185 g/mol. The van der Waals surface area contributed by atoms with E-state index in [-0.39, 0.29) is 11.9 Å². The number of carbonyl (C=O) groups excluding carboxylic acids is 1. The van der Waals surface area contributed by atoms with Gasteiger partial charge in [-0.15, -0.1) is 0 Å². The zero-order valence-electron chi connectivity index (χ0n) is 8.75. The third-order valence-corrected chi connectivity index (χ3v) is 2.78. The summed E-state index contributed by atoms with van der Waals surface area (Å²) in [6, 6.07) is 0.516. The molecule has 2 atom stereocenters. The van der Waals surface area contributed by atoms with Gasteiger partial charge in [0.25, 0.3) is 0 Å². The Morgan fingerprint density at radius 1 is 1.69 bits per heavy atom. The Morgan fingerprint density at radius 3 is 2.85 bits per heavy atom. The van der Waals surface area contributed by atoms with Crippen molar-refractivity contribution in [2.24, 2.45) is 0 Å². The molecule has 1 aliphatic heterocycles. The van der Waals surface area contributed by atoms with Crippen LogP contribution in [0, 0.1) is 0 Å². The summed E-state index contributed by atoms with van der Waals surface area (Å²) in [7, 11) is 2.11. The molecule has 0 radical (unpaired) electrons. The number of carbonyl (C=O) groups is 1. The van der Waals surface area contributed by atoms with Gasteiger partial charge in [0.1, 0.15) is 6.10 Å². The molecule has 0 aliphatic carbocycles. The Hall–Kier alpha value is -0.410. The Bertz CT molecular complexity index is 182. The van der Waals surface area contributed by atoms with Gasteiger partial charge in [0.15, 0.2) is 5.78 Å². The summed E-state index contributed by atoms with van der Waals surface area (Å²) in [6.45, 7) is 5.24. The molecule has 3 nitrogen and oxygen atoms in total. The standard InChI is InChI=1S/C10H19NO2/c1-8(12)9(2)13-7-10-5-4-6-11(10)3/h9-10H,4-7H2,1-3H3. The van der Waals surface area contributed by atoms with Crippen LogP contribution in [0.3, 0.4) is 0 Å². The number of Topliss-reactive ketones (excluding diaryl/α,β-unsaturated/α-hetero) is 1. The van der Waals surface area contributed by atoms with Crippen molar-refractivity contribution in [1.29, 1.82) is 0 Å². The fourth-order valence-corrected chi connectivity index (χ4v) is 1.56. The van der Waals surface area contributed by atoms with Crippen LogP contribution in [0.2, 0.25) is 0 Å². The van der Waals surface area contributed by atoms with E-state index in [4.69, 9.17) is 4.74 Å². The minimum atomic E-state index is -0.242. The van der Waals surface area contributed by atoms with E-state index in [0.717, 1.165) is 6.54 Å². The molecule has 1 saturated heterocycles. The fourth-order valence-electron chi connectivity index (χ4n) is 1.56. The second-order valence-corrected chi connectivity index (χ2v) is 3.86. The van der Waals surface area contributed by atoms with E-state index in [0.29, 0.717) is 12.6 Å². The lowest BCUT2D eigenvalue weighted by molar-refractivity contribution is -0.128. The first-order chi connectivity index (χ1) is 6.11. The zero-order chi connectivity index (χ0) is 9.84. The van der Waals surface area contributed by atoms with Crippen molar-refractivity contribution in [3.05, 3.63) is 0 Å². The maximum atomic E-state index is 10.9. The molecule has 0 aromatic heterocycles. The molecule has 1 heterocycles. The molecule has 0 aromatic rings.